The summed E-state index contributed by atoms with van der Waals surface area (Å²) in [6, 6.07) is 10.5. The molecule has 0 radical (unpaired) electrons. The SMILES string of the molecule is CS(=O)(=O)N1CCc2cc(C(=O)Nc3ccccc3OC(F)F)ccc21. The van der Waals surface area contributed by atoms with Gasteiger partial charge in [-0.2, -0.15) is 8.78 Å². The highest BCUT2D eigenvalue weighted by atomic mass is 32.2. The van der Waals surface area contributed by atoms with Gasteiger partial charge in [-0.05, 0) is 42.3 Å². The van der Waals surface area contributed by atoms with Crippen LogP contribution < -0.4 is 14.4 Å². The van der Waals surface area contributed by atoms with Gasteiger partial charge in [0, 0.05) is 12.1 Å². The Bertz CT molecular complexity index is 948. The molecule has 1 aliphatic rings. The molecule has 1 heterocycles. The molecule has 0 spiro atoms. The second-order valence-corrected chi connectivity index (χ2v) is 7.66. The number of ether oxygens (including phenoxy) is 1. The Morgan fingerprint density at radius 1 is 1.23 bits per heavy atom. The van der Waals surface area contributed by atoms with Crippen molar-refractivity contribution >= 4 is 27.3 Å². The number of nitrogens with zero attached hydrogens (tertiary/aromatic N) is 1. The molecular weight excluding hydrogens is 366 g/mol. The maximum absolute atomic E-state index is 12.5. The third-order valence-electron chi connectivity index (χ3n) is 3.95. The van der Waals surface area contributed by atoms with Gasteiger partial charge in [0.25, 0.3) is 5.91 Å². The molecule has 0 saturated heterocycles. The summed E-state index contributed by atoms with van der Waals surface area (Å²) >= 11 is 0. The number of alkyl halides is 2. The van der Waals surface area contributed by atoms with Crippen LogP contribution in [-0.4, -0.2) is 33.7 Å². The Balaban J connectivity index is 1.83. The first-order valence-corrected chi connectivity index (χ1v) is 9.56. The lowest BCUT2D eigenvalue weighted by molar-refractivity contribution is -0.0493. The summed E-state index contributed by atoms with van der Waals surface area (Å²) in [6.45, 7) is -2.68. The van der Waals surface area contributed by atoms with Crippen LogP contribution in [-0.2, 0) is 16.4 Å². The molecule has 0 aliphatic carbocycles. The fourth-order valence-electron chi connectivity index (χ4n) is 2.82. The average molecular weight is 382 g/mol. The number of fused-ring (bicyclic) bond motifs is 1. The zero-order chi connectivity index (χ0) is 18.9. The number of benzene rings is 2. The van der Waals surface area contributed by atoms with Gasteiger partial charge in [-0.25, -0.2) is 8.42 Å². The van der Waals surface area contributed by atoms with E-state index in [1.54, 1.807) is 18.2 Å². The summed E-state index contributed by atoms with van der Waals surface area (Å²) in [6.07, 6.45) is 1.62. The molecule has 1 amide bonds. The summed E-state index contributed by atoms with van der Waals surface area (Å²) < 4.78 is 54.1. The molecule has 138 valence electrons. The average Bonchev–Trinajstić information content (AvgIpc) is 2.99. The molecule has 2 aromatic carbocycles. The van der Waals surface area contributed by atoms with Crippen molar-refractivity contribution in [1.29, 1.82) is 0 Å². The lowest BCUT2D eigenvalue weighted by Gasteiger charge is -2.16. The fourth-order valence-corrected chi connectivity index (χ4v) is 3.78. The highest BCUT2D eigenvalue weighted by Gasteiger charge is 2.26. The normalized spacial score (nSPS) is 13.6. The number of carbonyl (C=O) groups is 1. The first-order valence-electron chi connectivity index (χ1n) is 7.71. The van der Waals surface area contributed by atoms with Gasteiger partial charge in [0.15, 0.2) is 0 Å². The van der Waals surface area contributed by atoms with E-state index in [0.29, 0.717) is 24.2 Å². The zero-order valence-electron chi connectivity index (χ0n) is 13.8. The van der Waals surface area contributed by atoms with E-state index in [4.69, 9.17) is 0 Å². The maximum Gasteiger partial charge on any atom is 0.387 e. The monoisotopic (exact) mass is 382 g/mol. The number of carbonyl (C=O) groups excluding carboxylic acids is 1. The number of sulfonamides is 1. The maximum atomic E-state index is 12.5. The van der Waals surface area contributed by atoms with Crippen LogP contribution in [0.4, 0.5) is 20.2 Å². The standard InChI is InChI=1S/C17H16F2N2O4S/c1-26(23,24)21-9-8-11-10-12(6-7-14(11)21)16(22)20-13-4-2-3-5-15(13)25-17(18)19/h2-7,10,17H,8-9H2,1H3,(H,20,22). The number of amides is 1. The molecule has 0 unspecified atom stereocenters. The second-order valence-electron chi connectivity index (χ2n) is 5.76. The van der Waals surface area contributed by atoms with Crippen molar-refractivity contribution < 1.29 is 26.7 Å². The zero-order valence-corrected chi connectivity index (χ0v) is 14.6. The predicted octanol–water partition coefficient (Wildman–Crippen LogP) is 2.86. The van der Waals surface area contributed by atoms with Crippen molar-refractivity contribution in [1.82, 2.24) is 0 Å². The van der Waals surface area contributed by atoms with Gasteiger partial charge in [0.2, 0.25) is 10.0 Å². The molecular formula is C17H16F2N2O4S. The molecule has 1 N–H and O–H groups in total. The molecule has 0 aromatic heterocycles. The summed E-state index contributed by atoms with van der Waals surface area (Å²) in [4.78, 5) is 12.4. The first-order chi connectivity index (χ1) is 12.3. The molecule has 6 nitrogen and oxygen atoms in total. The Morgan fingerprint density at radius 2 is 1.96 bits per heavy atom. The van der Waals surface area contributed by atoms with Crippen LogP contribution in [0.25, 0.3) is 0 Å². The van der Waals surface area contributed by atoms with Gasteiger partial charge in [-0.15, -0.1) is 0 Å². The second kappa shape index (κ2) is 6.91. The fraction of sp³-hybridized carbons (Fsp3) is 0.235. The van der Waals surface area contributed by atoms with E-state index < -0.39 is 22.5 Å². The lowest BCUT2D eigenvalue weighted by atomic mass is 10.1. The van der Waals surface area contributed by atoms with Crippen molar-refractivity contribution in [2.75, 3.05) is 22.4 Å². The molecule has 0 fully saturated rings. The number of hydrogen-bond donors (Lipinski definition) is 1. The van der Waals surface area contributed by atoms with Crippen LogP contribution in [0.5, 0.6) is 5.75 Å². The summed E-state index contributed by atoms with van der Waals surface area (Å²) in [5.41, 5.74) is 1.70. The summed E-state index contributed by atoms with van der Waals surface area (Å²) in [5.74, 6) is -0.642. The van der Waals surface area contributed by atoms with Crippen molar-refractivity contribution in [3.8, 4) is 5.75 Å². The van der Waals surface area contributed by atoms with Crippen LogP contribution in [0.1, 0.15) is 15.9 Å². The number of rotatable bonds is 5. The Kier molecular flexibility index (Phi) is 4.82. The van der Waals surface area contributed by atoms with Crippen LogP contribution in [0.2, 0.25) is 0 Å². The number of hydrogen-bond acceptors (Lipinski definition) is 4. The van der Waals surface area contributed by atoms with Gasteiger partial charge in [-0.3, -0.25) is 9.10 Å². The van der Waals surface area contributed by atoms with E-state index >= 15 is 0 Å². The molecule has 2 aromatic rings. The van der Waals surface area contributed by atoms with Crippen molar-refractivity contribution in [2.24, 2.45) is 0 Å². The number of anilines is 2. The molecule has 0 saturated carbocycles. The molecule has 3 rings (SSSR count). The van der Waals surface area contributed by atoms with Crippen molar-refractivity contribution in [3.63, 3.8) is 0 Å². The largest absolute Gasteiger partial charge is 0.433 e. The molecule has 26 heavy (non-hydrogen) atoms. The Morgan fingerprint density at radius 3 is 2.65 bits per heavy atom. The van der Waals surface area contributed by atoms with Crippen LogP contribution in [0.15, 0.2) is 42.5 Å². The van der Waals surface area contributed by atoms with Gasteiger partial charge in [-0.1, -0.05) is 12.1 Å². The first kappa shape index (κ1) is 18.1. The number of para-hydroxylation sites is 2. The smallest absolute Gasteiger partial charge is 0.387 e. The highest BCUT2D eigenvalue weighted by Crippen LogP contribution is 2.31. The van der Waals surface area contributed by atoms with Crippen LogP contribution in [0.3, 0.4) is 0 Å². The Hall–Kier alpha value is -2.68. The third kappa shape index (κ3) is 3.77. The van der Waals surface area contributed by atoms with Gasteiger partial charge in [0.05, 0.1) is 17.6 Å². The minimum atomic E-state index is -3.37. The molecule has 1 aliphatic heterocycles. The topological polar surface area (TPSA) is 75.7 Å². The van der Waals surface area contributed by atoms with Gasteiger partial charge >= 0.3 is 6.61 Å². The minimum Gasteiger partial charge on any atom is -0.433 e. The van der Waals surface area contributed by atoms with E-state index in [1.165, 1.54) is 28.6 Å². The van der Waals surface area contributed by atoms with E-state index in [-0.39, 0.29) is 11.4 Å². The highest BCUT2D eigenvalue weighted by molar-refractivity contribution is 7.92. The van der Waals surface area contributed by atoms with Crippen molar-refractivity contribution in [3.05, 3.63) is 53.6 Å². The van der Waals surface area contributed by atoms with E-state index in [0.717, 1.165) is 11.8 Å². The van der Waals surface area contributed by atoms with E-state index in [9.17, 15) is 22.0 Å². The molecule has 0 atom stereocenters. The van der Waals surface area contributed by atoms with Crippen molar-refractivity contribution in [2.45, 2.75) is 13.0 Å². The third-order valence-corrected chi connectivity index (χ3v) is 5.13. The minimum absolute atomic E-state index is 0.121. The molecule has 9 heteroatoms. The quantitative estimate of drug-likeness (QED) is 0.863. The molecule has 0 bridgehead atoms. The lowest BCUT2D eigenvalue weighted by Crippen LogP contribution is -2.27. The number of nitrogens with one attached hydrogen (secondary N) is 1. The summed E-state index contributed by atoms with van der Waals surface area (Å²) in [5, 5.41) is 2.54. The van der Waals surface area contributed by atoms with Gasteiger partial charge in [0.1, 0.15) is 5.75 Å². The Labute approximate surface area is 149 Å². The van der Waals surface area contributed by atoms with Crippen LogP contribution in [0, 0.1) is 0 Å². The van der Waals surface area contributed by atoms with Crippen LogP contribution >= 0.6 is 0 Å². The van der Waals surface area contributed by atoms with E-state index in [2.05, 4.69) is 10.1 Å². The number of halogens is 2. The van der Waals surface area contributed by atoms with E-state index in [1.807, 2.05) is 0 Å². The predicted molar refractivity (Wildman–Crippen MR) is 93.4 cm³/mol. The van der Waals surface area contributed by atoms with Gasteiger partial charge < -0.3 is 10.1 Å². The summed E-state index contributed by atoms with van der Waals surface area (Å²) in [7, 11) is -3.37.